The highest BCUT2D eigenvalue weighted by Crippen LogP contribution is 2.34. The molecule has 0 bridgehead atoms. The van der Waals surface area contributed by atoms with Crippen LogP contribution in [0.4, 0.5) is 0 Å². The number of aromatic hydroxyl groups is 1. The number of aromatic amines is 2. The fourth-order valence-electron chi connectivity index (χ4n) is 3.31. The van der Waals surface area contributed by atoms with Gasteiger partial charge in [-0.05, 0) is 66.9 Å². The number of hydrogen-bond acceptors (Lipinski definition) is 8. The number of benzene rings is 2. The minimum atomic E-state index is -0.462. The van der Waals surface area contributed by atoms with E-state index in [0.717, 1.165) is 5.56 Å². The monoisotopic (exact) mass is 447 g/mol. The molecule has 2 heterocycles. The van der Waals surface area contributed by atoms with Gasteiger partial charge in [0.2, 0.25) is 0 Å². The predicted molar refractivity (Wildman–Crippen MR) is 122 cm³/mol. The quantitative estimate of drug-likeness (QED) is 0.290. The summed E-state index contributed by atoms with van der Waals surface area (Å²) >= 11 is 0. The van der Waals surface area contributed by atoms with Crippen LogP contribution in [0.1, 0.15) is 19.4 Å². The molecule has 0 saturated heterocycles. The molecule has 0 aliphatic rings. The first-order valence-corrected chi connectivity index (χ1v) is 10.3. The lowest BCUT2D eigenvalue weighted by molar-refractivity contribution is -0.137. The second-order valence-electron chi connectivity index (χ2n) is 6.97. The number of esters is 1. The third-order valence-corrected chi connectivity index (χ3v) is 4.71. The second kappa shape index (κ2) is 9.35. The maximum Gasteiger partial charge on any atom is 0.330 e. The van der Waals surface area contributed by atoms with Crippen molar-refractivity contribution in [2.24, 2.45) is 0 Å². The summed E-state index contributed by atoms with van der Waals surface area (Å²) in [5.41, 5.74) is 2.65. The summed E-state index contributed by atoms with van der Waals surface area (Å²) in [6.07, 6.45) is 2.88. The Bertz CT molecular complexity index is 1410. The van der Waals surface area contributed by atoms with Crippen LogP contribution in [0.15, 0.2) is 47.3 Å². The third kappa shape index (κ3) is 4.74. The molecule has 0 atom stereocenters. The van der Waals surface area contributed by atoms with E-state index in [1.807, 2.05) is 19.1 Å². The van der Waals surface area contributed by atoms with Gasteiger partial charge in [-0.25, -0.2) is 14.9 Å². The Morgan fingerprint density at radius 1 is 1.12 bits per heavy atom. The summed E-state index contributed by atoms with van der Waals surface area (Å²) in [6, 6.07) is 10.4. The van der Waals surface area contributed by atoms with Crippen molar-refractivity contribution in [2.45, 2.75) is 13.8 Å². The van der Waals surface area contributed by atoms with E-state index in [1.54, 1.807) is 37.3 Å². The van der Waals surface area contributed by atoms with Gasteiger partial charge in [0, 0.05) is 6.08 Å². The first kappa shape index (κ1) is 21.8. The Labute approximate surface area is 187 Å². The molecular weight excluding hydrogens is 426 g/mol. The zero-order valence-electron chi connectivity index (χ0n) is 18.0. The van der Waals surface area contributed by atoms with Gasteiger partial charge in [0.15, 0.2) is 11.2 Å². The highest BCUT2D eigenvalue weighted by molar-refractivity contribution is 5.87. The van der Waals surface area contributed by atoms with Crippen molar-refractivity contribution in [3.8, 4) is 34.0 Å². The molecule has 0 spiro atoms. The molecule has 4 rings (SSSR count). The average Bonchev–Trinajstić information content (AvgIpc) is 3.27. The molecule has 0 aliphatic carbocycles. The molecule has 2 aromatic carbocycles. The average molecular weight is 447 g/mol. The molecule has 33 heavy (non-hydrogen) atoms. The first-order chi connectivity index (χ1) is 16.0. The lowest BCUT2D eigenvalue weighted by atomic mass is 10.00. The van der Waals surface area contributed by atoms with Gasteiger partial charge in [-0.1, -0.05) is 11.3 Å². The molecule has 4 aromatic rings. The van der Waals surface area contributed by atoms with Crippen LogP contribution in [0.2, 0.25) is 0 Å². The predicted octanol–water partition coefficient (Wildman–Crippen LogP) is 3.06. The molecule has 168 valence electrons. The van der Waals surface area contributed by atoms with E-state index >= 15 is 0 Å². The normalized spacial score (nSPS) is 11.2. The minimum absolute atomic E-state index is 0.0428. The Balaban J connectivity index is 1.74. The third-order valence-electron chi connectivity index (χ3n) is 4.71. The SMILES string of the molecule is CCOC(=O)/C=C/c1cc(O)cc(-c2ccc(-c3nc4[nH]nnc4c(=O)[nH]3)c(OCC)c2)c1. The van der Waals surface area contributed by atoms with Crippen LogP contribution in [0.5, 0.6) is 11.5 Å². The summed E-state index contributed by atoms with van der Waals surface area (Å²) in [5.74, 6) is 0.386. The van der Waals surface area contributed by atoms with Crippen molar-refractivity contribution in [1.82, 2.24) is 25.4 Å². The minimum Gasteiger partial charge on any atom is -0.508 e. The number of fused-ring (bicyclic) bond motifs is 1. The maximum absolute atomic E-state index is 12.3. The number of H-pyrrole nitrogens is 2. The van der Waals surface area contributed by atoms with Crippen LogP contribution < -0.4 is 10.3 Å². The van der Waals surface area contributed by atoms with Crippen LogP contribution in [-0.2, 0) is 9.53 Å². The molecule has 0 fully saturated rings. The van der Waals surface area contributed by atoms with Crippen LogP contribution >= 0.6 is 0 Å². The van der Waals surface area contributed by atoms with Gasteiger partial charge in [-0.3, -0.25) is 4.79 Å². The Hall–Kier alpha value is -4.47. The number of rotatable bonds is 7. The second-order valence-corrected chi connectivity index (χ2v) is 6.97. The summed E-state index contributed by atoms with van der Waals surface area (Å²) in [4.78, 5) is 31.0. The van der Waals surface area contributed by atoms with E-state index in [2.05, 4.69) is 25.4 Å². The number of nitrogens with one attached hydrogen (secondary N) is 2. The van der Waals surface area contributed by atoms with Crippen molar-refractivity contribution in [3.05, 3.63) is 58.4 Å². The fourth-order valence-corrected chi connectivity index (χ4v) is 3.31. The molecule has 0 amide bonds. The number of carbonyl (C=O) groups excluding carboxylic acids is 1. The first-order valence-electron chi connectivity index (χ1n) is 10.3. The lowest BCUT2D eigenvalue weighted by Gasteiger charge is -2.12. The van der Waals surface area contributed by atoms with Crippen molar-refractivity contribution in [1.29, 1.82) is 0 Å². The molecule has 10 heteroatoms. The Kier molecular flexibility index (Phi) is 6.16. The largest absolute Gasteiger partial charge is 0.508 e. The molecule has 2 aromatic heterocycles. The van der Waals surface area contributed by atoms with Crippen molar-refractivity contribution in [3.63, 3.8) is 0 Å². The zero-order valence-corrected chi connectivity index (χ0v) is 18.0. The van der Waals surface area contributed by atoms with E-state index in [-0.39, 0.29) is 23.5 Å². The topological polar surface area (TPSA) is 143 Å². The van der Waals surface area contributed by atoms with Gasteiger partial charge in [0.05, 0.1) is 18.8 Å². The van der Waals surface area contributed by atoms with Crippen molar-refractivity contribution >= 4 is 23.2 Å². The van der Waals surface area contributed by atoms with Crippen LogP contribution in [0.3, 0.4) is 0 Å². The number of carbonyl (C=O) groups is 1. The number of ether oxygens (including phenoxy) is 2. The van der Waals surface area contributed by atoms with E-state index in [1.165, 1.54) is 6.08 Å². The smallest absolute Gasteiger partial charge is 0.330 e. The number of nitrogens with zero attached hydrogens (tertiary/aromatic N) is 3. The highest BCUT2D eigenvalue weighted by Gasteiger charge is 2.15. The van der Waals surface area contributed by atoms with E-state index in [4.69, 9.17) is 9.47 Å². The molecule has 0 aliphatic heterocycles. The highest BCUT2D eigenvalue weighted by atomic mass is 16.5. The van der Waals surface area contributed by atoms with Crippen LogP contribution in [0, 0.1) is 0 Å². The summed E-state index contributed by atoms with van der Waals surface area (Å²) in [7, 11) is 0. The Morgan fingerprint density at radius 2 is 1.97 bits per heavy atom. The van der Waals surface area contributed by atoms with Gasteiger partial charge < -0.3 is 19.6 Å². The van der Waals surface area contributed by atoms with Crippen molar-refractivity contribution in [2.75, 3.05) is 13.2 Å². The number of phenolic OH excluding ortho intramolecular Hbond substituents is 1. The summed E-state index contributed by atoms with van der Waals surface area (Å²) in [5, 5.41) is 20.1. The van der Waals surface area contributed by atoms with Crippen LogP contribution in [0.25, 0.3) is 39.8 Å². The molecule has 0 saturated carbocycles. The standard InChI is InChI=1S/C23H21N5O5/c1-3-32-18-12-14(15-9-13(10-16(29)11-15)5-8-19(30)33-4-2)6-7-17(18)21-24-22-20(23(31)25-21)26-28-27-22/h5-12,29H,3-4H2,1-2H3,(H2,24,25,26,27,28,31)/b8-5+. The van der Waals surface area contributed by atoms with E-state index in [9.17, 15) is 14.7 Å². The van der Waals surface area contributed by atoms with E-state index < -0.39 is 11.5 Å². The van der Waals surface area contributed by atoms with Gasteiger partial charge in [-0.2, -0.15) is 0 Å². The van der Waals surface area contributed by atoms with Gasteiger partial charge in [0.25, 0.3) is 5.56 Å². The van der Waals surface area contributed by atoms with Gasteiger partial charge in [-0.15, -0.1) is 5.10 Å². The number of phenols is 1. The fraction of sp³-hybridized carbons (Fsp3) is 0.174. The van der Waals surface area contributed by atoms with Gasteiger partial charge in [0.1, 0.15) is 17.3 Å². The zero-order chi connectivity index (χ0) is 23.4. The molecule has 0 unspecified atom stereocenters. The molecule has 10 nitrogen and oxygen atoms in total. The molecule has 0 radical (unpaired) electrons. The summed E-state index contributed by atoms with van der Waals surface area (Å²) < 4.78 is 10.7. The Morgan fingerprint density at radius 3 is 2.76 bits per heavy atom. The molecular formula is C23H21N5O5. The summed E-state index contributed by atoms with van der Waals surface area (Å²) in [6.45, 7) is 4.25. The number of aromatic nitrogens is 5. The van der Waals surface area contributed by atoms with E-state index in [0.29, 0.717) is 34.9 Å². The molecule has 3 N–H and O–H groups in total. The lowest BCUT2D eigenvalue weighted by Crippen LogP contribution is -2.10. The maximum atomic E-state index is 12.3. The van der Waals surface area contributed by atoms with Crippen LogP contribution in [-0.4, -0.2) is 49.7 Å². The van der Waals surface area contributed by atoms with Crippen molar-refractivity contribution < 1.29 is 19.4 Å². The van der Waals surface area contributed by atoms with Gasteiger partial charge >= 0.3 is 5.97 Å². The number of hydrogen-bond donors (Lipinski definition) is 3.